The molecule has 2 aliphatic heterocycles. The fourth-order valence-electron chi connectivity index (χ4n) is 4.28. The fourth-order valence-corrected chi connectivity index (χ4v) is 5.58. The van der Waals surface area contributed by atoms with Gasteiger partial charge in [0.15, 0.2) is 20.9 Å². The summed E-state index contributed by atoms with van der Waals surface area (Å²) in [6, 6.07) is 9.88. The Morgan fingerprint density at radius 3 is 2.17 bits per heavy atom. The standard InChI is InChI=1S/C28H47N3O9Si/c1-28(2,3)41(5,6)40-24-23-22(20-37-26(39-23)21-10-8-7-9-11-21)38-27(32-4)25(24)36-19-18-35-17-16-34-15-14-33-13-12-30-31-29/h7-11,22-27H,12-20H2,1-6H3/t22-,23-,24+,25+,26?,27+/m1/s1. The van der Waals surface area contributed by atoms with Crippen LogP contribution in [0.4, 0.5) is 0 Å². The quantitative estimate of drug-likeness (QED) is 0.0830. The van der Waals surface area contributed by atoms with Gasteiger partial charge in [-0.25, -0.2) is 0 Å². The molecule has 0 bridgehead atoms. The van der Waals surface area contributed by atoms with Crippen LogP contribution in [0.2, 0.25) is 18.1 Å². The highest BCUT2D eigenvalue weighted by molar-refractivity contribution is 6.74. The summed E-state index contributed by atoms with van der Waals surface area (Å²) in [4.78, 5) is 2.68. The van der Waals surface area contributed by atoms with Crippen molar-refractivity contribution in [1.82, 2.24) is 0 Å². The van der Waals surface area contributed by atoms with E-state index in [1.165, 1.54) is 0 Å². The third kappa shape index (κ3) is 10.3. The van der Waals surface area contributed by atoms with Crippen molar-refractivity contribution in [2.75, 3.05) is 66.5 Å². The molecule has 2 aliphatic rings. The Morgan fingerprint density at radius 2 is 1.56 bits per heavy atom. The van der Waals surface area contributed by atoms with Gasteiger partial charge in [0.1, 0.15) is 24.4 Å². The van der Waals surface area contributed by atoms with Crippen LogP contribution in [0.3, 0.4) is 0 Å². The van der Waals surface area contributed by atoms with Crippen molar-refractivity contribution >= 4 is 8.32 Å². The molecule has 41 heavy (non-hydrogen) atoms. The largest absolute Gasteiger partial charge is 0.408 e. The molecule has 232 valence electrons. The zero-order chi connectivity index (χ0) is 29.7. The minimum atomic E-state index is -2.23. The Labute approximate surface area is 244 Å². The van der Waals surface area contributed by atoms with Gasteiger partial charge in [0.25, 0.3) is 0 Å². The predicted octanol–water partition coefficient (Wildman–Crippen LogP) is 4.61. The van der Waals surface area contributed by atoms with Crippen LogP contribution in [-0.2, 0) is 42.3 Å². The van der Waals surface area contributed by atoms with Gasteiger partial charge < -0.3 is 42.3 Å². The Hall–Kier alpha value is -1.61. The number of ether oxygens (including phenoxy) is 8. The van der Waals surface area contributed by atoms with Crippen molar-refractivity contribution < 1.29 is 42.3 Å². The van der Waals surface area contributed by atoms with Crippen molar-refractivity contribution in [2.24, 2.45) is 5.11 Å². The minimum Gasteiger partial charge on any atom is -0.408 e. The highest BCUT2D eigenvalue weighted by Crippen LogP contribution is 2.42. The second-order valence-corrected chi connectivity index (χ2v) is 16.2. The third-order valence-electron chi connectivity index (χ3n) is 7.51. The summed E-state index contributed by atoms with van der Waals surface area (Å²) in [5.41, 5.74) is 9.18. The van der Waals surface area contributed by atoms with E-state index < -0.39 is 39.2 Å². The molecule has 12 nitrogen and oxygen atoms in total. The van der Waals surface area contributed by atoms with Gasteiger partial charge >= 0.3 is 0 Å². The number of benzene rings is 1. The lowest BCUT2D eigenvalue weighted by atomic mass is 9.97. The summed E-state index contributed by atoms with van der Waals surface area (Å²) in [6.45, 7) is 14.5. The summed E-state index contributed by atoms with van der Waals surface area (Å²) >= 11 is 0. The molecule has 0 aromatic heterocycles. The molecule has 13 heteroatoms. The number of azide groups is 1. The van der Waals surface area contributed by atoms with Crippen LogP contribution < -0.4 is 0 Å². The topological polar surface area (TPSA) is 132 Å². The van der Waals surface area contributed by atoms with Crippen molar-refractivity contribution in [1.29, 1.82) is 0 Å². The predicted molar refractivity (Wildman–Crippen MR) is 154 cm³/mol. The first-order valence-corrected chi connectivity index (χ1v) is 17.1. The Kier molecular flexibility index (Phi) is 13.9. The summed E-state index contributed by atoms with van der Waals surface area (Å²) in [7, 11) is -0.624. The first-order chi connectivity index (χ1) is 19.7. The maximum atomic E-state index is 8.24. The van der Waals surface area contributed by atoms with E-state index in [9.17, 15) is 0 Å². The van der Waals surface area contributed by atoms with Crippen LogP contribution in [0, 0.1) is 0 Å². The molecule has 0 N–H and O–H groups in total. The molecule has 1 aromatic carbocycles. The summed E-state index contributed by atoms with van der Waals surface area (Å²) in [5, 5.41) is 3.39. The van der Waals surface area contributed by atoms with Crippen LogP contribution >= 0.6 is 0 Å². The van der Waals surface area contributed by atoms with E-state index >= 15 is 0 Å². The average Bonchev–Trinajstić information content (AvgIpc) is 2.95. The average molecular weight is 598 g/mol. The Bertz CT molecular complexity index is 930. The molecule has 0 radical (unpaired) electrons. The van der Waals surface area contributed by atoms with Gasteiger partial charge in [-0.05, 0) is 23.7 Å². The molecule has 0 saturated carbocycles. The fraction of sp³-hybridized carbons (Fsp3) is 0.786. The van der Waals surface area contributed by atoms with E-state index in [0.717, 1.165) is 5.56 Å². The Balaban J connectivity index is 1.56. The lowest BCUT2D eigenvalue weighted by Crippen LogP contribution is -2.66. The van der Waals surface area contributed by atoms with E-state index in [0.29, 0.717) is 59.4 Å². The van der Waals surface area contributed by atoms with E-state index in [2.05, 4.69) is 43.9 Å². The van der Waals surface area contributed by atoms with Crippen LogP contribution in [0.1, 0.15) is 32.6 Å². The van der Waals surface area contributed by atoms with Crippen molar-refractivity contribution in [2.45, 2.75) is 75.9 Å². The molecule has 2 saturated heterocycles. The molecule has 1 aromatic rings. The van der Waals surface area contributed by atoms with Gasteiger partial charge in [-0.1, -0.05) is 56.2 Å². The van der Waals surface area contributed by atoms with Gasteiger partial charge in [0, 0.05) is 24.1 Å². The number of fused-ring (bicyclic) bond motifs is 1. The highest BCUT2D eigenvalue weighted by atomic mass is 28.4. The molecule has 1 unspecified atom stereocenters. The number of methoxy groups -OCH3 is 1. The maximum Gasteiger partial charge on any atom is 0.192 e. The number of hydrogen-bond donors (Lipinski definition) is 0. The molecule has 0 spiro atoms. The smallest absolute Gasteiger partial charge is 0.192 e. The second kappa shape index (κ2) is 16.9. The van der Waals surface area contributed by atoms with Crippen molar-refractivity contribution in [3.63, 3.8) is 0 Å². The van der Waals surface area contributed by atoms with Crippen LogP contribution in [0.5, 0.6) is 0 Å². The van der Waals surface area contributed by atoms with E-state index in [1.54, 1.807) is 7.11 Å². The van der Waals surface area contributed by atoms with Crippen LogP contribution in [0.25, 0.3) is 10.4 Å². The second-order valence-electron chi connectivity index (χ2n) is 11.4. The maximum absolute atomic E-state index is 8.24. The van der Waals surface area contributed by atoms with Gasteiger partial charge in [0.2, 0.25) is 0 Å². The van der Waals surface area contributed by atoms with Gasteiger partial charge in [-0.2, -0.15) is 0 Å². The van der Waals surface area contributed by atoms with E-state index in [4.69, 9.17) is 47.9 Å². The van der Waals surface area contributed by atoms with Gasteiger partial charge in [0.05, 0.1) is 52.9 Å². The zero-order valence-electron chi connectivity index (χ0n) is 25.2. The summed E-state index contributed by atoms with van der Waals surface area (Å²) < 4.78 is 54.4. The minimum absolute atomic E-state index is 0.0172. The van der Waals surface area contributed by atoms with Gasteiger partial charge in [-0.3, -0.25) is 0 Å². The molecule has 6 atom stereocenters. The van der Waals surface area contributed by atoms with Crippen molar-refractivity contribution in [3.8, 4) is 0 Å². The van der Waals surface area contributed by atoms with Crippen LogP contribution in [0.15, 0.2) is 35.4 Å². The molecule has 2 fully saturated rings. The molecule has 0 amide bonds. The molecular weight excluding hydrogens is 550 g/mol. The van der Waals surface area contributed by atoms with Gasteiger partial charge in [-0.15, -0.1) is 0 Å². The molecule has 3 rings (SSSR count). The number of nitrogens with zero attached hydrogens (tertiary/aromatic N) is 3. The van der Waals surface area contributed by atoms with E-state index in [1.807, 2.05) is 30.3 Å². The molecular formula is C28H47N3O9Si. The first-order valence-electron chi connectivity index (χ1n) is 14.2. The number of rotatable bonds is 17. The SMILES string of the molecule is CO[C@H]1O[C@@H]2COC(c3ccccc3)O[C@H]2[C@H](O[Si](C)(C)C(C)(C)C)[C@@H]1OCCOCCOCCOCCN=[N+]=[N-]. The summed E-state index contributed by atoms with van der Waals surface area (Å²) in [6.07, 6.45) is -2.86. The lowest BCUT2D eigenvalue weighted by molar-refractivity contribution is -0.361. The highest BCUT2D eigenvalue weighted by Gasteiger charge is 2.54. The zero-order valence-corrected chi connectivity index (χ0v) is 26.2. The van der Waals surface area contributed by atoms with Crippen LogP contribution in [-0.4, -0.2) is 106 Å². The monoisotopic (exact) mass is 597 g/mol. The normalized spacial score (nSPS) is 26.8. The van der Waals surface area contributed by atoms with Crippen molar-refractivity contribution in [3.05, 3.63) is 46.3 Å². The Morgan fingerprint density at radius 1 is 0.927 bits per heavy atom. The third-order valence-corrected chi connectivity index (χ3v) is 12.0. The summed E-state index contributed by atoms with van der Waals surface area (Å²) in [5.74, 6) is 0. The van der Waals surface area contributed by atoms with E-state index in [-0.39, 0.29) is 11.1 Å². The molecule has 0 aliphatic carbocycles. The molecule has 2 heterocycles. The lowest BCUT2D eigenvalue weighted by Gasteiger charge is -2.51. The number of hydrogen-bond acceptors (Lipinski definition) is 10. The first kappa shape index (κ1) is 33.9.